The number of hydrogen-bond donors (Lipinski definition) is 2. The monoisotopic (exact) mass is 438 g/mol. The topological polar surface area (TPSA) is 91.4 Å². The van der Waals surface area contributed by atoms with Gasteiger partial charge in [-0.25, -0.2) is 0 Å². The number of rotatable bonds is 7. The summed E-state index contributed by atoms with van der Waals surface area (Å²) in [6.07, 6.45) is 4.09. The lowest BCUT2D eigenvalue weighted by molar-refractivity contribution is -0.132. The molecule has 1 saturated heterocycles. The summed E-state index contributed by atoms with van der Waals surface area (Å²) in [6.45, 7) is 4.30. The second kappa shape index (κ2) is 9.09. The van der Waals surface area contributed by atoms with Gasteiger partial charge in [0, 0.05) is 30.3 Å². The van der Waals surface area contributed by atoms with Crippen LogP contribution >= 0.6 is 11.8 Å². The molecule has 1 aromatic heterocycles. The molecule has 0 bridgehead atoms. The van der Waals surface area contributed by atoms with Gasteiger partial charge in [0.2, 0.25) is 11.8 Å². The number of aromatic nitrogens is 1. The molecule has 4 rings (SSSR count). The molecule has 31 heavy (non-hydrogen) atoms. The van der Waals surface area contributed by atoms with Crippen LogP contribution < -0.4 is 10.6 Å². The summed E-state index contributed by atoms with van der Waals surface area (Å²) < 4.78 is 0. The van der Waals surface area contributed by atoms with E-state index >= 15 is 0 Å². The number of carbonyl (C=O) groups excluding carboxylic acids is 3. The number of carbonyl (C=O) groups is 3. The number of thioether (sulfide) groups is 1. The van der Waals surface area contributed by atoms with Crippen molar-refractivity contribution in [1.82, 2.24) is 20.5 Å². The molecule has 1 aromatic carbocycles. The van der Waals surface area contributed by atoms with Crippen LogP contribution in [0, 0.1) is 5.92 Å². The van der Waals surface area contributed by atoms with Crippen LogP contribution in [0.25, 0.3) is 0 Å². The van der Waals surface area contributed by atoms with Crippen molar-refractivity contribution < 1.29 is 14.4 Å². The Labute approximate surface area is 186 Å². The number of fused-ring (bicyclic) bond motifs is 3. The zero-order valence-corrected chi connectivity index (χ0v) is 18.4. The molecular weight excluding hydrogens is 412 g/mol. The fourth-order valence-corrected chi connectivity index (χ4v) is 5.46. The van der Waals surface area contributed by atoms with Gasteiger partial charge in [0.05, 0.1) is 0 Å². The molecule has 0 aliphatic carbocycles. The van der Waals surface area contributed by atoms with E-state index in [9.17, 15) is 14.4 Å². The highest BCUT2D eigenvalue weighted by molar-refractivity contribution is 7.99. The third-order valence-corrected chi connectivity index (χ3v) is 7.31. The van der Waals surface area contributed by atoms with Crippen molar-refractivity contribution in [3.05, 3.63) is 65.5 Å². The molecule has 3 amide bonds. The lowest BCUT2D eigenvalue weighted by Crippen LogP contribution is -2.55. The fourth-order valence-electron chi connectivity index (χ4n) is 3.99. The number of amides is 3. The predicted molar refractivity (Wildman–Crippen MR) is 119 cm³/mol. The summed E-state index contributed by atoms with van der Waals surface area (Å²) in [7, 11) is 0. The first-order chi connectivity index (χ1) is 15.0. The van der Waals surface area contributed by atoms with Crippen molar-refractivity contribution in [3.8, 4) is 0 Å². The Morgan fingerprint density at radius 1 is 1.23 bits per heavy atom. The van der Waals surface area contributed by atoms with Gasteiger partial charge in [0.1, 0.15) is 17.5 Å². The summed E-state index contributed by atoms with van der Waals surface area (Å²) in [6, 6.07) is 9.92. The van der Waals surface area contributed by atoms with Gasteiger partial charge < -0.3 is 15.5 Å². The van der Waals surface area contributed by atoms with E-state index in [1.807, 2.05) is 44.2 Å². The van der Waals surface area contributed by atoms with Gasteiger partial charge in [-0.3, -0.25) is 19.4 Å². The quantitative estimate of drug-likeness (QED) is 0.693. The summed E-state index contributed by atoms with van der Waals surface area (Å²) in [4.78, 5) is 44.6. The molecule has 2 aliphatic rings. The van der Waals surface area contributed by atoms with Gasteiger partial charge in [0.25, 0.3) is 5.91 Å². The molecule has 2 aromatic rings. The first-order valence-corrected chi connectivity index (χ1v) is 11.6. The highest BCUT2D eigenvalue weighted by atomic mass is 32.2. The summed E-state index contributed by atoms with van der Waals surface area (Å²) in [5, 5.41) is 5.71. The van der Waals surface area contributed by atoms with Crippen LogP contribution in [0.3, 0.4) is 0 Å². The molecule has 162 valence electrons. The molecule has 0 unspecified atom stereocenters. The first kappa shape index (κ1) is 21.4. The lowest BCUT2D eigenvalue weighted by atomic mass is 9.97. The minimum absolute atomic E-state index is 0.0438. The maximum atomic E-state index is 13.2. The van der Waals surface area contributed by atoms with Crippen LogP contribution in [0.5, 0.6) is 0 Å². The third kappa shape index (κ3) is 4.17. The molecule has 3 heterocycles. The Morgan fingerprint density at radius 2 is 1.97 bits per heavy atom. The first-order valence-electron chi connectivity index (χ1n) is 10.5. The molecular formula is C23H26N4O3S. The van der Waals surface area contributed by atoms with Gasteiger partial charge in [-0.2, -0.15) is 0 Å². The molecule has 8 heteroatoms. The van der Waals surface area contributed by atoms with Crippen molar-refractivity contribution in [2.45, 2.75) is 44.3 Å². The Bertz CT molecular complexity index is 984. The molecule has 2 N–H and O–H groups in total. The lowest BCUT2D eigenvalue weighted by Gasteiger charge is -2.28. The van der Waals surface area contributed by atoms with Crippen molar-refractivity contribution in [2.24, 2.45) is 5.92 Å². The minimum atomic E-state index is -0.663. The minimum Gasteiger partial charge on any atom is -0.350 e. The fraction of sp³-hybridized carbons (Fsp3) is 0.391. The van der Waals surface area contributed by atoms with Crippen LogP contribution in [0.4, 0.5) is 0 Å². The van der Waals surface area contributed by atoms with Crippen molar-refractivity contribution in [3.63, 3.8) is 0 Å². The SMILES string of the molecule is CC[C@@H](C)[C@H](NC(=O)[C@@H]1CS[C@H]2c3ccccc3C(=O)N12)C(=O)NCc1ccncc1. The van der Waals surface area contributed by atoms with Gasteiger partial charge in [-0.1, -0.05) is 38.5 Å². The van der Waals surface area contributed by atoms with Crippen LogP contribution in [-0.2, 0) is 16.1 Å². The van der Waals surface area contributed by atoms with Crippen molar-refractivity contribution in [1.29, 1.82) is 0 Å². The number of nitrogens with one attached hydrogen (secondary N) is 2. The van der Waals surface area contributed by atoms with Gasteiger partial charge >= 0.3 is 0 Å². The van der Waals surface area contributed by atoms with Gasteiger partial charge in [-0.05, 0) is 35.2 Å². The van der Waals surface area contributed by atoms with Crippen LogP contribution in [0.15, 0.2) is 48.8 Å². The van der Waals surface area contributed by atoms with Crippen molar-refractivity contribution >= 4 is 29.5 Å². The number of hydrogen-bond acceptors (Lipinski definition) is 5. The Morgan fingerprint density at radius 3 is 2.71 bits per heavy atom. The number of pyridine rings is 1. The van der Waals surface area contributed by atoms with Crippen LogP contribution in [0.1, 0.15) is 47.1 Å². The second-order valence-corrected chi connectivity index (χ2v) is 9.06. The smallest absolute Gasteiger partial charge is 0.256 e. The maximum absolute atomic E-state index is 13.2. The maximum Gasteiger partial charge on any atom is 0.256 e. The highest BCUT2D eigenvalue weighted by Gasteiger charge is 2.48. The molecule has 0 radical (unpaired) electrons. The van der Waals surface area contributed by atoms with E-state index in [2.05, 4.69) is 15.6 Å². The zero-order chi connectivity index (χ0) is 22.0. The zero-order valence-electron chi connectivity index (χ0n) is 17.6. The van der Waals surface area contributed by atoms with Crippen LogP contribution in [0.2, 0.25) is 0 Å². The molecule has 2 aliphatic heterocycles. The number of nitrogens with zero attached hydrogens (tertiary/aromatic N) is 2. The predicted octanol–water partition coefficient (Wildman–Crippen LogP) is 2.50. The Balaban J connectivity index is 1.45. The summed E-state index contributed by atoms with van der Waals surface area (Å²) >= 11 is 1.59. The Hall–Kier alpha value is -2.87. The molecule has 7 nitrogen and oxygen atoms in total. The molecule has 0 saturated carbocycles. The number of benzene rings is 1. The van der Waals surface area contributed by atoms with E-state index in [1.165, 1.54) is 0 Å². The average Bonchev–Trinajstić information content (AvgIpc) is 3.36. The van der Waals surface area contributed by atoms with E-state index in [1.54, 1.807) is 35.1 Å². The molecule has 1 fully saturated rings. The van der Waals surface area contributed by atoms with E-state index in [-0.39, 0.29) is 29.0 Å². The van der Waals surface area contributed by atoms with Crippen molar-refractivity contribution in [2.75, 3.05) is 5.75 Å². The summed E-state index contributed by atoms with van der Waals surface area (Å²) in [5.74, 6) is -0.147. The average molecular weight is 439 g/mol. The third-order valence-electron chi connectivity index (χ3n) is 6.00. The van der Waals surface area contributed by atoms with E-state index in [0.717, 1.165) is 17.5 Å². The van der Waals surface area contributed by atoms with E-state index < -0.39 is 12.1 Å². The van der Waals surface area contributed by atoms with E-state index in [4.69, 9.17) is 0 Å². The summed E-state index contributed by atoms with van der Waals surface area (Å²) in [5.41, 5.74) is 2.56. The van der Waals surface area contributed by atoms with Gasteiger partial charge in [0.15, 0.2) is 0 Å². The molecule has 0 spiro atoms. The van der Waals surface area contributed by atoms with E-state index in [0.29, 0.717) is 17.9 Å². The van der Waals surface area contributed by atoms with Crippen LogP contribution in [-0.4, -0.2) is 45.4 Å². The largest absolute Gasteiger partial charge is 0.350 e. The second-order valence-electron chi connectivity index (χ2n) is 7.95. The highest BCUT2D eigenvalue weighted by Crippen LogP contribution is 2.48. The van der Waals surface area contributed by atoms with Gasteiger partial charge in [-0.15, -0.1) is 11.8 Å². The normalized spacial score (nSPS) is 21.2. The molecule has 4 atom stereocenters. The standard InChI is InChI=1S/C23H26N4O3S/c1-3-14(2)19(21(29)25-12-15-8-10-24-11-9-15)26-20(28)18-13-31-23-17-7-5-4-6-16(17)22(30)27(18)23/h4-11,14,18-19,23H,3,12-13H2,1-2H3,(H,25,29)(H,26,28)/t14-,18+,19+,23+/m1/s1. The Kier molecular flexibility index (Phi) is 6.27.